The molecule has 1 N–H and O–H groups in total. The van der Waals surface area contributed by atoms with Crippen LogP contribution in [0.2, 0.25) is 0 Å². The number of halogens is 2. The molecule has 3 rings (SSSR count). The van der Waals surface area contributed by atoms with Gasteiger partial charge >= 0.3 is 0 Å². The molecule has 0 saturated heterocycles. The van der Waals surface area contributed by atoms with Gasteiger partial charge in [0.1, 0.15) is 11.6 Å². The molecule has 0 amide bonds. The first-order valence-corrected chi connectivity index (χ1v) is 14.1. The number of rotatable bonds is 13. The number of carbonyl (C=O) groups excluding carboxylic acids is 1. The quantitative estimate of drug-likeness (QED) is 0.202. The minimum atomic E-state index is -4.60. The van der Waals surface area contributed by atoms with Crippen LogP contribution >= 0.6 is 0 Å². The van der Waals surface area contributed by atoms with E-state index >= 15 is 0 Å². The van der Waals surface area contributed by atoms with Crippen molar-refractivity contribution >= 4 is 15.6 Å². The molecule has 0 bridgehead atoms. The Bertz CT molecular complexity index is 1540. The molecule has 0 saturated carbocycles. The van der Waals surface area contributed by atoms with Crippen LogP contribution in [0, 0.1) is 18.6 Å². The summed E-state index contributed by atoms with van der Waals surface area (Å²) in [5.41, 5.74) is 2.48. The van der Waals surface area contributed by atoms with Gasteiger partial charge in [0.05, 0.1) is 24.2 Å². The maximum Gasteiger partial charge on any atom is 0.215 e. The molecule has 1 aromatic heterocycles. The molecule has 0 radical (unpaired) electrons. The number of benzene rings is 2. The van der Waals surface area contributed by atoms with Gasteiger partial charge in [-0.25, -0.2) is 17.2 Å². The van der Waals surface area contributed by atoms with Gasteiger partial charge in [-0.05, 0) is 66.4 Å². The smallest absolute Gasteiger partial charge is 0.215 e. The van der Waals surface area contributed by atoms with E-state index in [0.29, 0.717) is 6.07 Å². The van der Waals surface area contributed by atoms with Crippen LogP contribution in [0.25, 0.3) is 11.1 Å². The van der Waals surface area contributed by atoms with Gasteiger partial charge in [0.15, 0.2) is 10.7 Å². The Morgan fingerprint density at radius 3 is 2.29 bits per heavy atom. The molecule has 0 fully saturated rings. The van der Waals surface area contributed by atoms with Crippen LogP contribution in [0.4, 0.5) is 8.78 Å². The Balaban J connectivity index is 2.20. The largest absolute Gasteiger partial charge is 0.493 e. The summed E-state index contributed by atoms with van der Waals surface area (Å²) < 4.78 is 66.7. The summed E-state index contributed by atoms with van der Waals surface area (Å²) in [6.45, 7) is 8.26. The van der Waals surface area contributed by atoms with Gasteiger partial charge < -0.3 is 19.5 Å². The van der Waals surface area contributed by atoms with Crippen LogP contribution in [-0.4, -0.2) is 56.1 Å². The molecule has 11 heteroatoms. The number of ether oxygens (including phenoxy) is 2. The second kappa shape index (κ2) is 13.6. The van der Waals surface area contributed by atoms with Gasteiger partial charge in [-0.3, -0.25) is 9.78 Å². The lowest BCUT2D eigenvalue weighted by Gasteiger charge is -2.34. The van der Waals surface area contributed by atoms with E-state index in [-0.39, 0.29) is 36.0 Å². The average molecular weight is 587 g/mol. The van der Waals surface area contributed by atoms with Crippen molar-refractivity contribution in [3.05, 3.63) is 107 Å². The highest BCUT2D eigenvalue weighted by atomic mass is 32.2. The van der Waals surface area contributed by atoms with Crippen molar-refractivity contribution in [3.63, 3.8) is 0 Å². The minimum absolute atomic E-state index is 0.00548. The molecule has 0 spiro atoms. The first kappa shape index (κ1) is 31.6. The second-order valence-electron chi connectivity index (χ2n) is 9.17. The molecule has 3 aromatic rings. The Morgan fingerprint density at radius 1 is 1.12 bits per heavy atom. The van der Waals surface area contributed by atoms with Crippen LogP contribution in [0.3, 0.4) is 0 Å². The molecular formula is C30H32F2N2O6S. The fraction of sp³-hybridized carbons (Fsp3) is 0.267. The number of methoxy groups -OCH3 is 1. The number of aliphatic hydroxyl groups excluding tert-OH is 1. The number of aliphatic hydroxyl groups is 1. The van der Waals surface area contributed by atoms with Gasteiger partial charge in [0, 0.05) is 44.8 Å². The van der Waals surface area contributed by atoms with E-state index in [1.807, 2.05) is 6.92 Å². The number of hydrogen-bond acceptors (Lipinski definition) is 8. The molecular weight excluding hydrogens is 554 g/mol. The number of nitrogens with zero attached hydrogens (tertiary/aromatic N) is 2. The topological polar surface area (TPSA) is 106 Å². The van der Waals surface area contributed by atoms with E-state index in [4.69, 9.17) is 9.47 Å². The van der Waals surface area contributed by atoms with Crippen molar-refractivity contribution in [1.82, 2.24) is 9.88 Å². The van der Waals surface area contributed by atoms with Gasteiger partial charge in [-0.2, -0.15) is 0 Å². The lowest BCUT2D eigenvalue weighted by molar-refractivity contribution is -0.113. The molecule has 41 heavy (non-hydrogen) atoms. The fourth-order valence-corrected chi connectivity index (χ4v) is 5.80. The SMILES string of the molecule is C=C(COCC)N(/C(O)=C(\C(C)=O)S(=O)(=O)c1ccc(-c2ccncc2C)cc1)[C@@H](COC)c1cc(F)cc(F)c1. The number of pyridine rings is 1. The summed E-state index contributed by atoms with van der Waals surface area (Å²) in [4.78, 5) is 16.7. The molecule has 0 aliphatic carbocycles. The van der Waals surface area contributed by atoms with Crippen molar-refractivity contribution in [2.24, 2.45) is 0 Å². The average Bonchev–Trinajstić information content (AvgIpc) is 2.91. The zero-order valence-electron chi connectivity index (χ0n) is 23.2. The molecule has 2 aromatic carbocycles. The number of sulfone groups is 1. The lowest BCUT2D eigenvalue weighted by atomic mass is 10.0. The van der Waals surface area contributed by atoms with Crippen molar-refractivity contribution < 1.29 is 36.6 Å². The number of hydrogen-bond donors (Lipinski definition) is 1. The van der Waals surface area contributed by atoms with E-state index in [1.54, 1.807) is 37.5 Å². The third-order valence-electron chi connectivity index (χ3n) is 6.24. The van der Waals surface area contributed by atoms with E-state index in [1.165, 1.54) is 19.2 Å². The first-order chi connectivity index (χ1) is 19.4. The highest BCUT2D eigenvalue weighted by Crippen LogP contribution is 2.34. The van der Waals surface area contributed by atoms with Crippen molar-refractivity contribution in [2.45, 2.75) is 31.7 Å². The van der Waals surface area contributed by atoms with Gasteiger partial charge in [-0.1, -0.05) is 18.7 Å². The lowest BCUT2D eigenvalue weighted by Crippen LogP contribution is -2.34. The Morgan fingerprint density at radius 2 is 1.76 bits per heavy atom. The van der Waals surface area contributed by atoms with Crippen molar-refractivity contribution in [3.8, 4) is 11.1 Å². The number of aryl methyl sites for hydroxylation is 1. The van der Waals surface area contributed by atoms with Crippen LogP contribution in [-0.2, 0) is 24.1 Å². The maximum absolute atomic E-state index is 14.2. The van der Waals surface area contributed by atoms with Crippen LogP contribution in [0.5, 0.6) is 0 Å². The minimum Gasteiger partial charge on any atom is -0.493 e. The fourth-order valence-electron chi connectivity index (χ4n) is 4.36. The van der Waals surface area contributed by atoms with Crippen molar-refractivity contribution in [1.29, 1.82) is 0 Å². The van der Waals surface area contributed by atoms with Gasteiger partial charge in [0.25, 0.3) is 0 Å². The molecule has 218 valence electrons. The summed E-state index contributed by atoms with van der Waals surface area (Å²) in [6, 6.07) is 9.14. The van der Waals surface area contributed by atoms with E-state index in [2.05, 4.69) is 11.6 Å². The first-order valence-electron chi connectivity index (χ1n) is 12.6. The molecule has 0 unspecified atom stereocenters. The highest BCUT2D eigenvalue weighted by Gasteiger charge is 2.35. The van der Waals surface area contributed by atoms with Crippen LogP contribution in [0.15, 0.2) is 88.9 Å². The maximum atomic E-state index is 14.2. The predicted octanol–water partition coefficient (Wildman–Crippen LogP) is 5.66. The van der Waals surface area contributed by atoms with Crippen LogP contribution < -0.4 is 0 Å². The standard InChI is InChI=1S/C30H32F2N2O6S/c1-6-40-17-20(3)34(28(18-39-5)23-13-24(31)15-25(32)14-23)30(36)29(21(4)35)41(37,38)26-9-7-22(8-10-26)27-11-12-33-16-19(27)2/h7-16,28,36H,3,6,17-18H2,1-2,4-5H3/b30-29-/t28-/m0/s1. The van der Waals surface area contributed by atoms with Crippen molar-refractivity contribution in [2.75, 3.05) is 26.9 Å². The zero-order chi connectivity index (χ0) is 30.3. The summed E-state index contributed by atoms with van der Waals surface area (Å²) in [7, 11) is -3.28. The Labute approximate surface area is 238 Å². The predicted molar refractivity (Wildman–Crippen MR) is 150 cm³/mol. The summed E-state index contributed by atoms with van der Waals surface area (Å²) in [5.74, 6) is -3.75. The Kier molecular flexibility index (Phi) is 10.5. The molecule has 1 atom stereocenters. The summed E-state index contributed by atoms with van der Waals surface area (Å²) in [6.07, 6.45) is 3.30. The number of aromatic nitrogens is 1. The van der Waals surface area contributed by atoms with E-state index < -0.39 is 44.1 Å². The molecule has 1 heterocycles. The third-order valence-corrected chi connectivity index (χ3v) is 8.14. The highest BCUT2D eigenvalue weighted by molar-refractivity contribution is 7.96. The normalized spacial score (nSPS) is 12.9. The summed E-state index contributed by atoms with van der Waals surface area (Å²) >= 11 is 0. The van der Waals surface area contributed by atoms with Crippen LogP contribution in [0.1, 0.15) is 31.0 Å². The zero-order valence-corrected chi connectivity index (χ0v) is 24.0. The number of ketones is 1. The molecule has 8 nitrogen and oxygen atoms in total. The van der Waals surface area contributed by atoms with E-state index in [9.17, 15) is 27.1 Å². The summed E-state index contributed by atoms with van der Waals surface area (Å²) in [5, 5.41) is 11.5. The Hall–Kier alpha value is -3.93. The third kappa shape index (κ3) is 7.24. The van der Waals surface area contributed by atoms with E-state index in [0.717, 1.165) is 40.6 Å². The monoisotopic (exact) mass is 586 g/mol. The number of allylic oxidation sites excluding steroid dienone is 1. The molecule has 0 aliphatic rings. The molecule has 0 aliphatic heterocycles. The number of carbonyl (C=O) groups is 1. The number of Topliss-reactive ketones (excluding diaryl/α,β-unsaturated/α-hetero) is 1. The van der Waals surface area contributed by atoms with Gasteiger partial charge in [-0.15, -0.1) is 0 Å². The van der Waals surface area contributed by atoms with Gasteiger partial charge in [0.2, 0.25) is 15.7 Å². The second-order valence-corrected chi connectivity index (χ2v) is 11.1.